The van der Waals surface area contributed by atoms with Crippen LogP contribution in [-0.2, 0) is 4.79 Å². The maximum absolute atomic E-state index is 12.6. The molecule has 0 aromatic heterocycles. The number of aliphatic carboxylic acids is 1. The molecule has 0 aromatic carbocycles. The fourth-order valence-electron chi connectivity index (χ4n) is 3.27. The molecule has 1 atom stereocenters. The Hall–Kier alpha value is -1.30. The molecule has 6 heteroatoms. The molecule has 2 heterocycles. The molecular formula is C14H25N3O3. The number of nitrogens with one attached hydrogen (secondary N) is 1. The van der Waals surface area contributed by atoms with Gasteiger partial charge >= 0.3 is 12.0 Å². The van der Waals surface area contributed by atoms with Crippen molar-refractivity contribution in [3.05, 3.63) is 0 Å². The van der Waals surface area contributed by atoms with Gasteiger partial charge < -0.3 is 20.2 Å². The van der Waals surface area contributed by atoms with E-state index in [1.165, 1.54) is 0 Å². The largest absolute Gasteiger partial charge is 0.481 e. The number of carbonyl (C=O) groups is 2. The van der Waals surface area contributed by atoms with Crippen LogP contribution < -0.4 is 5.32 Å². The van der Waals surface area contributed by atoms with Crippen LogP contribution in [0.2, 0.25) is 0 Å². The molecule has 2 saturated heterocycles. The molecule has 0 spiro atoms. The zero-order valence-corrected chi connectivity index (χ0v) is 12.2. The Morgan fingerprint density at radius 3 is 2.60 bits per heavy atom. The molecule has 2 amide bonds. The van der Waals surface area contributed by atoms with Crippen molar-refractivity contribution in [2.24, 2.45) is 5.92 Å². The van der Waals surface area contributed by atoms with Gasteiger partial charge in [0.05, 0.1) is 0 Å². The summed E-state index contributed by atoms with van der Waals surface area (Å²) in [4.78, 5) is 27.1. The van der Waals surface area contributed by atoms with Crippen molar-refractivity contribution >= 4 is 12.0 Å². The zero-order chi connectivity index (χ0) is 14.5. The van der Waals surface area contributed by atoms with Gasteiger partial charge in [-0.1, -0.05) is 0 Å². The Bertz CT molecular complexity index is 356. The molecule has 20 heavy (non-hydrogen) atoms. The number of hydrogen-bond acceptors (Lipinski definition) is 3. The summed E-state index contributed by atoms with van der Waals surface area (Å²) in [5.74, 6) is -0.654. The summed E-state index contributed by atoms with van der Waals surface area (Å²) in [6.07, 6.45) is 2.99. The van der Waals surface area contributed by atoms with Crippen LogP contribution in [0.25, 0.3) is 0 Å². The predicted molar refractivity (Wildman–Crippen MR) is 75.6 cm³/mol. The summed E-state index contributed by atoms with van der Waals surface area (Å²) in [6, 6.07) is 0.416. The minimum absolute atomic E-state index is 0.0901. The molecule has 0 aromatic rings. The summed E-state index contributed by atoms with van der Waals surface area (Å²) in [5, 5.41) is 12.2. The van der Waals surface area contributed by atoms with E-state index >= 15 is 0 Å². The van der Waals surface area contributed by atoms with Crippen LogP contribution in [0, 0.1) is 5.92 Å². The van der Waals surface area contributed by atoms with Crippen molar-refractivity contribution in [2.75, 3.05) is 32.7 Å². The SMILES string of the molecule is CCN(C(=O)N1CCC(CC(=O)O)C1)C1CCNCC1. The summed E-state index contributed by atoms with van der Waals surface area (Å²) >= 11 is 0. The minimum atomic E-state index is -0.769. The summed E-state index contributed by atoms with van der Waals surface area (Å²) in [5.41, 5.74) is 0. The molecule has 1 unspecified atom stereocenters. The molecule has 0 saturated carbocycles. The van der Waals surface area contributed by atoms with Crippen LogP contribution in [0.1, 0.15) is 32.6 Å². The summed E-state index contributed by atoms with van der Waals surface area (Å²) in [7, 11) is 0. The first-order chi connectivity index (χ1) is 9.61. The van der Waals surface area contributed by atoms with Crippen LogP contribution in [0.15, 0.2) is 0 Å². The van der Waals surface area contributed by atoms with Crippen LogP contribution in [-0.4, -0.2) is 65.7 Å². The van der Waals surface area contributed by atoms with E-state index in [-0.39, 0.29) is 18.4 Å². The number of likely N-dealkylation sites (tertiary alicyclic amines) is 1. The Morgan fingerprint density at radius 2 is 2.00 bits per heavy atom. The third-order valence-electron chi connectivity index (χ3n) is 4.36. The second-order valence-electron chi connectivity index (χ2n) is 5.75. The number of carboxylic acids is 1. The molecular weight excluding hydrogens is 258 g/mol. The van der Waals surface area contributed by atoms with Crippen molar-refractivity contribution < 1.29 is 14.7 Å². The molecule has 0 bridgehead atoms. The summed E-state index contributed by atoms with van der Waals surface area (Å²) in [6.45, 7) is 5.96. The monoisotopic (exact) mass is 283 g/mol. The van der Waals surface area contributed by atoms with Crippen molar-refractivity contribution in [1.82, 2.24) is 15.1 Å². The number of nitrogens with zero attached hydrogens (tertiary/aromatic N) is 2. The Kier molecular flexibility index (Phi) is 5.23. The lowest BCUT2D eigenvalue weighted by molar-refractivity contribution is -0.138. The van der Waals surface area contributed by atoms with E-state index < -0.39 is 5.97 Å². The first kappa shape index (κ1) is 15.1. The van der Waals surface area contributed by atoms with Gasteiger partial charge in [-0.15, -0.1) is 0 Å². The Balaban J connectivity index is 1.90. The fourth-order valence-corrected chi connectivity index (χ4v) is 3.27. The Morgan fingerprint density at radius 1 is 1.30 bits per heavy atom. The van der Waals surface area contributed by atoms with Gasteiger partial charge in [0.2, 0.25) is 0 Å². The average Bonchev–Trinajstić information content (AvgIpc) is 2.88. The van der Waals surface area contributed by atoms with E-state index in [4.69, 9.17) is 5.11 Å². The van der Waals surface area contributed by atoms with Crippen molar-refractivity contribution in [2.45, 2.75) is 38.6 Å². The van der Waals surface area contributed by atoms with Gasteiger partial charge in [0.1, 0.15) is 0 Å². The van der Waals surface area contributed by atoms with Crippen molar-refractivity contribution in [3.8, 4) is 0 Å². The molecule has 2 fully saturated rings. The number of carbonyl (C=O) groups excluding carboxylic acids is 1. The third-order valence-corrected chi connectivity index (χ3v) is 4.36. The highest BCUT2D eigenvalue weighted by atomic mass is 16.4. The zero-order valence-electron chi connectivity index (χ0n) is 12.2. The van der Waals surface area contributed by atoms with Gasteiger partial charge in [0, 0.05) is 32.1 Å². The highest BCUT2D eigenvalue weighted by Gasteiger charge is 2.32. The molecule has 6 nitrogen and oxygen atoms in total. The lowest BCUT2D eigenvalue weighted by Gasteiger charge is -2.36. The van der Waals surface area contributed by atoms with Crippen LogP contribution in [0.5, 0.6) is 0 Å². The van der Waals surface area contributed by atoms with Crippen molar-refractivity contribution in [3.63, 3.8) is 0 Å². The van der Waals surface area contributed by atoms with Gasteiger partial charge in [-0.2, -0.15) is 0 Å². The third kappa shape index (κ3) is 3.62. The molecule has 2 aliphatic rings. The minimum Gasteiger partial charge on any atom is -0.481 e. The molecule has 0 aliphatic carbocycles. The summed E-state index contributed by atoms with van der Waals surface area (Å²) < 4.78 is 0. The number of urea groups is 1. The lowest BCUT2D eigenvalue weighted by Crippen LogP contribution is -2.50. The van der Waals surface area contributed by atoms with Gasteiger partial charge in [0.15, 0.2) is 0 Å². The first-order valence-electron chi connectivity index (χ1n) is 7.59. The standard InChI is InChI=1S/C14H25N3O3/c1-2-17(12-3-6-15-7-4-12)14(20)16-8-5-11(10-16)9-13(18)19/h11-12,15H,2-10H2,1H3,(H,18,19). The van der Waals surface area contributed by atoms with Crippen molar-refractivity contribution in [1.29, 1.82) is 0 Å². The topological polar surface area (TPSA) is 72.9 Å². The van der Waals surface area contributed by atoms with Crippen LogP contribution in [0.4, 0.5) is 4.79 Å². The quantitative estimate of drug-likeness (QED) is 0.806. The molecule has 2 rings (SSSR count). The number of amides is 2. The highest BCUT2D eigenvalue weighted by molar-refractivity contribution is 5.75. The van der Waals surface area contributed by atoms with Gasteiger partial charge in [0.25, 0.3) is 0 Å². The predicted octanol–water partition coefficient (Wildman–Crippen LogP) is 0.977. The van der Waals surface area contributed by atoms with E-state index in [0.717, 1.165) is 38.9 Å². The normalized spacial score (nSPS) is 23.9. The van der Waals surface area contributed by atoms with Crippen LogP contribution >= 0.6 is 0 Å². The number of carboxylic acid groups (broad SMARTS) is 1. The second kappa shape index (κ2) is 6.92. The maximum Gasteiger partial charge on any atom is 0.320 e. The lowest BCUT2D eigenvalue weighted by atomic mass is 10.1. The number of rotatable bonds is 4. The van der Waals surface area contributed by atoms with Gasteiger partial charge in [-0.3, -0.25) is 4.79 Å². The molecule has 0 radical (unpaired) electrons. The van der Waals surface area contributed by atoms with Gasteiger partial charge in [-0.05, 0) is 45.2 Å². The highest BCUT2D eigenvalue weighted by Crippen LogP contribution is 2.22. The van der Waals surface area contributed by atoms with E-state index in [2.05, 4.69) is 5.32 Å². The van der Waals surface area contributed by atoms with E-state index in [9.17, 15) is 9.59 Å². The number of hydrogen-bond donors (Lipinski definition) is 2. The first-order valence-corrected chi connectivity index (χ1v) is 7.59. The van der Waals surface area contributed by atoms with E-state index in [1.54, 1.807) is 0 Å². The molecule has 114 valence electrons. The Labute approximate surface area is 120 Å². The van der Waals surface area contributed by atoms with Gasteiger partial charge in [-0.25, -0.2) is 4.79 Å². The van der Waals surface area contributed by atoms with E-state index in [0.29, 0.717) is 19.1 Å². The van der Waals surface area contributed by atoms with E-state index in [1.807, 2.05) is 16.7 Å². The molecule has 2 N–H and O–H groups in total. The maximum atomic E-state index is 12.6. The number of piperidine rings is 1. The molecule has 2 aliphatic heterocycles. The smallest absolute Gasteiger partial charge is 0.320 e. The second-order valence-corrected chi connectivity index (χ2v) is 5.75. The fraction of sp³-hybridized carbons (Fsp3) is 0.857. The average molecular weight is 283 g/mol. The van der Waals surface area contributed by atoms with Crippen LogP contribution in [0.3, 0.4) is 0 Å².